The fraction of sp³-hybridized carbons (Fsp3) is 0.375. The first-order valence-corrected chi connectivity index (χ1v) is 6.89. The lowest BCUT2D eigenvalue weighted by Gasteiger charge is -2.34. The van der Waals surface area contributed by atoms with Gasteiger partial charge in [0.05, 0.1) is 17.0 Å². The van der Waals surface area contributed by atoms with Gasteiger partial charge in [-0.2, -0.15) is 0 Å². The van der Waals surface area contributed by atoms with E-state index in [4.69, 9.17) is 5.11 Å². The number of aromatic nitrogens is 1. The average molecular weight is 271 g/mol. The van der Waals surface area contributed by atoms with Gasteiger partial charge in [0.1, 0.15) is 0 Å². The van der Waals surface area contributed by atoms with Crippen LogP contribution in [0.15, 0.2) is 36.5 Å². The Morgan fingerprint density at radius 2 is 1.95 bits per heavy atom. The van der Waals surface area contributed by atoms with E-state index >= 15 is 0 Å². The van der Waals surface area contributed by atoms with Gasteiger partial charge in [-0.3, -0.25) is 9.78 Å². The van der Waals surface area contributed by atoms with E-state index in [0.29, 0.717) is 25.7 Å². The van der Waals surface area contributed by atoms with E-state index in [9.17, 15) is 9.90 Å². The molecule has 3 rings (SSSR count). The fourth-order valence-electron chi connectivity index (χ4n) is 2.96. The van der Waals surface area contributed by atoms with Gasteiger partial charge in [-0.1, -0.05) is 18.2 Å². The summed E-state index contributed by atoms with van der Waals surface area (Å²) in [7, 11) is 0. The first-order valence-electron chi connectivity index (χ1n) is 6.89. The molecule has 0 aliphatic heterocycles. The molecule has 0 radical (unpaired) electrons. The standard InChI is InChI=1S/C16H17NO3/c18-15(19)11-5-7-16(20,8-6-11)13-9-12-3-1-2-4-14(12)17-10-13/h1-4,9-11,20H,5-8H2,(H,18,19). The monoisotopic (exact) mass is 271 g/mol. The van der Waals surface area contributed by atoms with Crippen LogP contribution in [0, 0.1) is 5.92 Å². The Morgan fingerprint density at radius 1 is 1.25 bits per heavy atom. The van der Waals surface area contributed by atoms with Crippen LogP contribution in [0.4, 0.5) is 0 Å². The largest absolute Gasteiger partial charge is 0.481 e. The third-order valence-corrected chi connectivity index (χ3v) is 4.29. The molecule has 1 aliphatic carbocycles. The van der Waals surface area contributed by atoms with Gasteiger partial charge >= 0.3 is 5.97 Å². The number of rotatable bonds is 2. The second-order valence-corrected chi connectivity index (χ2v) is 5.56. The van der Waals surface area contributed by atoms with Crippen LogP contribution in [0.3, 0.4) is 0 Å². The summed E-state index contributed by atoms with van der Waals surface area (Å²) in [5, 5.41) is 20.8. The molecule has 1 fully saturated rings. The Hall–Kier alpha value is -1.94. The first-order chi connectivity index (χ1) is 9.58. The van der Waals surface area contributed by atoms with Crippen molar-refractivity contribution in [3.8, 4) is 0 Å². The zero-order valence-corrected chi connectivity index (χ0v) is 11.1. The summed E-state index contributed by atoms with van der Waals surface area (Å²) >= 11 is 0. The van der Waals surface area contributed by atoms with Crippen molar-refractivity contribution in [1.82, 2.24) is 4.98 Å². The average Bonchev–Trinajstić information content (AvgIpc) is 2.47. The Bertz CT molecular complexity index is 645. The van der Waals surface area contributed by atoms with E-state index in [1.807, 2.05) is 30.3 Å². The van der Waals surface area contributed by atoms with Crippen LogP contribution in [-0.4, -0.2) is 21.2 Å². The Morgan fingerprint density at radius 3 is 2.65 bits per heavy atom. The molecule has 2 aromatic rings. The van der Waals surface area contributed by atoms with Crippen LogP contribution in [0.25, 0.3) is 10.9 Å². The molecule has 0 spiro atoms. The van der Waals surface area contributed by atoms with Gasteiger partial charge in [0.15, 0.2) is 0 Å². The van der Waals surface area contributed by atoms with E-state index in [2.05, 4.69) is 4.98 Å². The zero-order chi connectivity index (χ0) is 14.2. The van der Waals surface area contributed by atoms with E-state index in [-0.39, 0.29) is 5.92 Å². The van der Waals surface area contributed by atoms with Crippen LogP contribution >= 0.6 is 0 Å². The summed E-state index contributed by atoms with van der Waals surface area (Å²) in [6.45, 7) is 0. The van der Waals surface area contributed by atoms with Crippen molar-refractivity contribution in [2.45, 2.75) is 31.3 Å². The van der Waals surface area contributed by atoms with E-state index < -0.39 is 11.6 Å². The number of para-hydroxylation sites is 1. The smallest absolute Gasteiger partial charge is 0.306 e. The highest BCUT2D eigenvalue weighted by Gasteiger charge is 2.37. The third kappa shape index (κ3) is 2.27. The lowest BCUT2D eigenvalue weighted by atomic mass is 9.75. The second-order valence-electron chi connectivity index (χ2n) is 5.56. The lowest BCUT2D eigenvalue weighted by Crippen LogP contribution is -2.33. The Kier molecular flexibility index (Phi) is 3.18. The molecule has 0 amide bonds. The SMILES string of the molecule is O=C(O)C1CCC(O)(c2cnc3ccccc3c2)CC1. The number of nitrogens with zero attached hydrogens (tertiary/aromatic N) is 1. The molecule has 0 bridgehead atoms. The number of carboxylic acids is 1. The molecule has 1 saturated carbocycles. The van der Waals surface area contributed by atoms with Gasteiger partial charge in [0.25, 0.3) is 0 Å². The van der Waals surface area contributed by atoms with Crippen molar-refractivity contribution in [1.29, 1.82) is 0 Å². The highest BCUT2D eigenvalue weighted by molar-refractivity contribution is 5.79. The van der Waals surface area contributed by atoms with Crippen molar-refractivity contribution in [2.24, 2.45) is 5.92 Å². The second kappa shape index (κ2) is 4.87. The van der Waals surface area contributed by atoms with Gasteiger partial charge in [-0.15, -0.1) is 0 Å². The summed E-state index contributed by atoms with van der Waals surface area (Å²) in [6.07, 6.45) is 3.69. The Balaban J connectivity index is 1.89. The van der Waals surface area contributed by atoms with Crippen molar-refractivity contribution in [2.75, 3.05) is 0 Å². The third-order valence-electron chi connectivity index (χ3n) is 4.29. The fourth-order valence-corrected chi connectivity index (χ4v) is 2.96. The summed E-state index contributed by atoms with van der Waals surface area (Å²) in [4.78, 5) is 15.4. The molecule has 2 N–H and O–H groups in total. The van der Waals surface area contributed by atoms with E-state index in [1.54, 1.807) is 6.20 Å². The van der Waals surface area contributed by atoms with Gasteiger partial charge in [-0.05, 0) is 37.8 Å². The maximum atomic E-state index is 11.0. The first kappa shape index (κ1) is 13.1. The van der Waals surface area contributed by atoms with Gasteiger partial charge in [0.2, 0.25) is 0 Å². The van der Waals surface area contributed by atoms with Gasteiger partial charge < -0.3 is 10.2 Å². The highest BCUT2D eigenvalue weighted by atomic mass is 16.4. The number of aliphatic hydroxyl groups is 1. The zero-order valence-electron chi connectivity index (χ0n) is 11.1. The quantitative estimate of drug-likeness (QED) is 0.881. The van der Waals surface area contributed by atoms with Gasteiger partial charge in [0, 0.05) is 17.1 Å². The van der Waals surface area contributed by atoms with Crippen LogP contribution in [0.2, 0.25) is 0 Å². The topological polar surface area (TPSA) is 70.4 Å². The predicted octanol–water partition coefficient (Wildman–Crippen LogP) is 2.70. The van der Waals surface area contributed by atoms with Crippen molar-refractivity contribution >= 4 is 16.9 Å². The van der Waals surface area contributed by atoms with Crippen molar-refractivity contribution in [3.63, 3.8) is 0 Å². The van der Waals surface area contributed by atoms with Crippen molar-refractivity contribution < 1.29 is 15.0 Å². The number of hydrogen-bond acceptors (Lipinski definition) is 3. The summed E-state index contributed by atoms with van der Waals surface area (Å²) in [5.41, 5.74) is 0.752. The molecule has 0 saturated heterocycles. The van der Waals surface area contributed by atoms with Crippen LogP contribution < -0.4 is 0 Å². The number of aliphatic carboxylic acids is 1. The molecule has 1 aromatic heterocycles. The number of benzene rings is 1. The minimum atomic E-state index is -0.941. The number of pyridine rings is 1. The number of carbonyl (C=O) groups is 1. The maximum absolute atomic E-state index is 11.0. The summed E-state index contributed by atoms with van der Waals surface area (Å²) in [6, 6.07) is 9.74. The Labute approximate surface area is 117 Å². The summed E-state index contributed by atoms with van der Waals surface area (Å²) < 4.78 is 0. The molecule has 4 heteroatoms. The number of hydrogen-bond donors (Lipinski definition) is 2. The van der Waals surface area contributed by atoms with Crippen LogP contribution in [0.1, 0.15) is 31.2 Å². The molecule has 1 aliphatic rings. The highest BCUT2D eigenvalue weighted by Crippen LogP contribution is 2.39. The molecule has 0 atom stereocenters. The normalized spacial score (nSPS) is 26.6. The maximum Gasteiger partial charge on any atom is 0.306 e. The molecule has 20 heavy (non-hydrogen) atoms. The molecule has 1 heterocycles. The van der Waals surface area contributed by atoms with E-state index in [1.165, 1.54) is 0 Å². The summed E-state index contributed by atoms with van der Waals surface area (Å²) in [5.74, 6) is -1.09. The lowest BCUT2D eigenvalue weighted by molar-refractivity contribution is -0.145. The molecular formula is C16H17NO3. The minimum Gasteiger partial charge on any atom is -0.481 e. The van der Waals surface area contributed by atoms with Crippen molar-refractivity contribution in [3.05, 3.63) is 42.1 Å². The van der Waals surface area contributed by atoms with E-state index in [0.717, 1.165) is 16.5 Å². The molecule has 0 unspecified atom stereocenters. The molecule has 4 nitrogen and oxygen atoms in total. The molecule has 1 aromatic carbocycles. The molecule has 104 valence electrons. The number of carboxylic acid groups (broad SMARTS) is 1. The van der Waals surface area contributed by atoms with Crippen LogP contribution in [-0.2, 0) is 10.4 Å². The molecular weight excluding hydrogens is 254 g/mol. The van der Waals surface area contributed by atoms with Crippen LogP contribution in [0.5, 0.6) is 0 Å². The number of fused-ring (bicyclic) bond motifs is 1. The predicted molar refractivity (Wildman–Crippen MR) is 75.2 cm³/mol. The van der Waals surface area contributed by atoms with Gasteiger partial charge in [-0.25, -0.2) is 0 Å². The minimum absolute atomic E-state index is 0.330.